The van der Waals surface area contributed by atoms with Gasteiger partial charge >= 0.3 is 0 Å². The summed E-state index contributed by atoms with van der Waals surface area (Å²) >= 11 is 0. The van der Waals surface area contributed by atoms with Crippen LogP contribution in [0.4, 0.5) is 0 Å². The minimum atomic E-state index is 0.722. The van der Waals surface area contributed by atoms with Crippen molar-refractivity contribution in [2.45, 2.75) is 32.6 Å². The van der Waals surface area contributed by atoms with Gasteiger partial charge in [0.05, 0.1) is 0 Å². The molecule has 0 radical (unpaired) electrons. The number of rotatable bonds is 6. The topological polar surface area (TPSA) is 0 Å². The van der Waals surface area contributed by atoms with Crippen LogP contribution in [-0.4, -0.2) is 0 Å². The lowest BCUT2D eigenvalue weighted by molar-refractivity contribution is 0.550. The molecule has 10 heavy (non-hydrogen) atoms. The van der Waals surface area contributed by atoms with Gasteiger partial charge in [0.25, 0.3) is 0 Å². The third kappa shape index (κ3) is 4.37. The fourth-order valence-corrected chi connectivity index (χ4v) is 1.01. The van der Waals surface area contributed by atoms with E-state index in [-0.39, 0.29) is 0 Å². The first-order valence-corrected chi connectivity index (χ1v) is 4.08. The molecule has 0 aromatic carbocycles. The van der Waals surface area contributed by atoms with Gasteiger partial charge in [0.15, 0.2) is 0 Å². The first-order chi connectivity index (χ1) is 4.85. The van der Waals surface area contributed by atoms with E-state index in [1.807, 2.05) is 6.08 Å². The van der Waals surface area contributed by atoms with Crippen molar-refractivity contribution in [3.63, 3.8) is 0 Å². The van der Waals surface area contributed by atoms with Gasteiger partial charge in [0.1, 0.15) is 0 Å². The highest BCUT2D eigenvalue weighted by Crippen LogP contribution is 2.12. The second-order valence-electron chi connectivity index (χ2n) is 2.62. The standard InChI is InChI=1S/C10H18/c1-4-7-8-9-10(5-2)6-3/h4-5,10H,1-2,6-9H2,3H3. The van der Waals surface area contributed by atoms with Gasteiger partial charge in [-0.1, -0.05) is 19.1 Å². The quantitative estimate of drug-likeness (QED) is 0.389. The van der Waals surface area contributed by atoms with Gasteiger partial charge in [0, 0.05) is 0 Å². The van der Waals surface area contributed by atoms with E-state index in [1.54, 1.807) is 0 Å². The van der Waals surface area contributed by atoms with Crippen LogP contribution in [0.1, 0.15) is 32.6 Å². The van der Waals surface area contributed by atoms with Crippen molar-refractivity contribution < 1.29 is 0 Å². The summed E-state index contributed by atoms with van der Waals surface area (Å²) in [5.41, 5.74) is 0. The summed E-state index contributed by atoms with van der Waals surface area (Å²) in [5, 5.41) is 0. The lowest BCUT2D eigenvalue weighted by Gasteiger charge is -2.06. The largest absolute Gasteiger partial charge is 0.103 e. The van der Waals surface area contributed by atoms with Crippen LogP contribution in [0.15, 0.2) is 25.3 Å². The van der Waals surface area contributed by atoms with Crippen molar-refractivity contribution in [3.8, 4) is 0 Å². The first-order valence-electron chi connectivity index (χ1n) is 4.08. The molecule has 1 atom stereocenters. The van der Waals surface area contributed by atoms with Crippen LogP contribution in [0, 0.1) is 5.92 Å². The van der Waals surface area contributed by atoms with Crippen LogP contribution >= 0.6 is 0 Å². The average Bonchev–Trinajstić information content (AvgIpc) is 1.99. The van der Waals surface area contributed by atoms with Gasteiger partial charge in [-0.2, -0.15) is 0 Å². The Hall–Kier alpha value is -0.520. The molecular formula is C10H18. The number of hydrogen-bond donors (Lipinski definition) is 0. The predicted octanol–water partition coefficient (Wildman–Crippen LogP) is 3.55. The Labute approximate surface area is 64.6 Å². The summed E-state index contributed by atoms with van der Waals surface area (Å²) < 4.78 is 0. The van der Waals surface area contributed by atoms with Gasteiger partial charge in [-0.15, -0.1) is 13.2 Å². The summed E-state index contributed by atoms with van der Waals surface area (Å²) in [6.07, 6.45) is 8.93. The maximum atomic E-state index is 3.78. The summed E-state index contributed by atoms with van der Waals surface area (Å²) in [6.45, 7) is 9.68. The smallest absolute Gasteiger partial charge is 0.0239 e. The van der Waals surface area contributed by atoms with Crippen LogP contribution in [-0.2, 0) is 0 Å². The Morgan fingerprint density at radius 2 is 2.10 bits per heavy atom. The molecule has 0 fully saturated rings. The van der Waals surface area contributed by atoms with E-state index in [9.17, 15) is 0 Å². The molecule has 0 bridgehead atoms. The Bertz CT molecular complexity index is 92.2. The van der Waals surface area contributed by atoms with E-state index in [1.165, 1.54) is 19.3 Å². The monoisotopic (exact) mass is 138 g/mol. The molecule has 1 unspecified atom stereocenters. The van der Waals surface area contributed by atoms with Gasteiger partial charge in [-0.25, -0.2) is 0 Å². The Morgan fingerprint density at radius 3 is 2.50 bits per heavy atom. The highest BCUT2D eigenvalue weighted by molar-refractivity contribution is 4.78. The molecule has 0 aliphatic heterocycles. The number of unbranched alkanes of at least 4 members (excludes halogenated alkanes) is 1. The SMILES string of the molecule is C=CCCCC(C=C)CC. The minimum absolute atomic E-state index is 0.722. The summed E-state index contributed by atoms with van der Waals surface area (Å²) in [7, 11) is 0. The molecule has 0 amide bonds. The number of hydrogen-bond acceptors (Lipinski definition) is 0. The third-order valence-corrected chi connectivity index (χ3v) is 1.84. The molecule has 0 rings (SSSR count). The molecule has 0 nitrogen and oxygen atoms in total. The summed E-state index contributed by atoms with van der Waals surface area (Å²) in [6, 6.07) is 0. The average molecular weight is 138 g/mol. The van der Waals surface area contributed by atoms with Gasteiger partial charge in [-0.3, -0.25) is 0 Å². The van der Waals surface area contributed by atoms with Gasteiger partial charge in [0.2, 0.25) is 0 Å². The molecule has 0 heteroatoms. The zero-order valence-corrected chi connectivity index (χ0v) is 6.97. The van der Waals surface area contributed by atoms with Gasteiger partial charge < -0.3 is 0 Å². The zero-order valence-electron chi connectivity index (χ0n) is 6.97. The lowest BCUT2D eigenvalue weighted by Crippen LogP contribution is -1.92. The van der Waals surface area contributed by atoms with E-state index >= 15 is 0 Å². The molecule has 0 N–H and O–H groups in total. The van der Waals surface area contributed by atoms with Crippen LogP contribution < -0.4 is 0 Å². The molecule has 0 aliphatic rings. The molecule has 0 spiro atoms. The highest BCUT2D eigenvalue weighted by atomic mass is 14.0. The van der Waals surface area contributed by atoms with Crippen molar-refractivity contribution in [2.24, 2.45) is 5.92 Å². The highest BCUT2D eigenvalue weighted by Gasteiger charge is 1.97. The molecule has 0 saturated carbocycles. The Kier molecular flexibility index (Phi) is 6.25. The van der Waals surface area contributed by atoms with Gasteiger partial charge in [-0.05, 0) is 31.6 Å². The fraction of sp³-hybridized carbons (Fsp3) is 0.600. The van der Waals surface area contributed by atoms with Crippen LogP contribution in [0.2, 0.25) is 0 Å². The second-order valence-corrected chi connectivity index (χ2v) is 2.62. The Balaban J connectivity index is 3.25. The second kappa shape index (κ2) is 6.60. The van der Waals surface area contributed by atoms with E-state index in [4.69, 9.17) is 0 Å². The van der Waals surface area contributed by atoms with Crippen LogP contribution in [0.3, 0.4) is 0 Å². The molecule has 0 aromatic heterocycles. The molecule has 58 valence electrons. The predicted molar refractivity (Wildman–Crippen MR) is 48.0 cm³/mol. The molecule has 0 aromatic rings. The van der Waals surface area contributed by atoms with Crippen molar-refractivity contribution in [2.75, 3.05) is 0 Å². The van der Waals surface area contributed by atoms with E-state index < -0.39 is 0 Å². The molecule has 0 aliphatic carbocycles. The van der Waals surface area contributed by atoms with E-state index in [2.05, 4.69) is 26.2 Å². The summed E-state index contributed by atoms with van der Waals surface area (Å²) in [4.78, 5) is 0. The summed E-state index contributed by atoms with van der Waals surface area (Å²) in [5.74, 6) is 0.722. The van der Waals surface area contributed by atoms with Crippen molar-refractivity contribution in [1.29, 1.82) is 0 Å². The van der Waals surface area contributed by atoms with Crippen molar-refractivity contribution >= 4 is 0 Å². The van der Waals surface area contributed by atoms with E-state index in [0.717, 1.165) is 12.3 Å². The normalized spacial score (nSPS) is 12.5. The minimum Gasteiger partial charge on any atom is -0.103 e. The van der Waals surface area contributed by atoms with Crippen molar-refractivity contribution in [3.05, 3.63) is 25.3 Å². The van der Waals surface area contributed by atoms with Crippen LogP contribution in [0.5, 0.6) is 0 Å². The lowest BCUT2D eigenvalue weighted by atomic mass is 10.00. The maximum Gasteiger partial charge on any atom is -0.0239 e. The third-order valence-electron chi connectivity index (χ3n) is 1.84. The molecular weight excluding hydrogens is 120 g/mol. The van der Waals surface area contributed by atoms with Crippen molar-refractivity contribution in [1.82, 2.24) is 0 Å². The molecule has 0 saturated heterocycles. The first kappa shape index (κ1) is 9.48. The Morgan fingerprint density at radius 1 is 1.40 bits per heavy atom. The van der Waals surface area contributed by atoms with E-state index in [0.29, 0.717) is 0 Å². The van der Waals surface area contributed by atoms with Crippen LogP contribution in [0.25, 0.3) is 0 Å². The zero-order chi connectivity index (χ0) is 7.82. The maximum absolute atomic E-state index is 3.78. The fourth-order valence-electron chi connectivity index (χ4n) is 1.01. The molecule has 0 heterocycles. The number of allylic oxidation sites excluding steroid dienone is 2.